The zero-order chi connectivity index (χ0) is 12.0. The molecule has 1 aromatic rings. The van der Waals surface area contributed by atoms with E-state index in [9.17, 15) is 0 Å². The maximum atomic E-state index is 5.71. The molecule has 0 fully saturated rings. The predicted molar refractivity (Wildman–Crippen MR) is 66.9 cm³/mol. The van der Waals surface area contributed by atoms with Crippen LogP contribution in [-0.2, 0) is 0 Å². The van der Waals surface area contributed by atoms with E-state index in [-0.39, 0.29) is 0 Å². The number of benzene rings is 1. The molecule has 82 valence electrons. The Morgan fingerprint density at radius 2 is 2.00 bits per heavy atom. The van der Waals surface area contributed by atoms with Crippen molar-refractivity contribution in [2.75, 3.05) is 6.61 Å². The van der Waals surface area contributed by atoms with Gasteiger partial charge >= 0.3 is 106 Å². The van der Waals surface area contributed by atoms with E-state index >= 15 is 0 Å². The van der Waals surface area contributed by atoms with Gasteiger partial charge in [0.2, 0.25) is 0 Å². The Kier molecular flexibility index (Phi) is 5.45. The molecule has 0 amide bonds. The fourth-order valence-corrected chi connectivity index (χ4v) is 1.75. The molecule has 1 atom stereocenters. The van der Waals surface area contributed by atoms with Gasteiger partial charge in [0.15, 0.2) is 0 Å². The molecule has 1 aromatic carbocycles. The quantitative estimate of drug-likeness (QED) is 0.554. The van der Waals surface area contributed by atoms with Gasteiger partial charge in [-0.05, 0) is 0 Å². The molecule has 0 aliphatic heterocycles. The summed E-state index contributed by atoms with van der Waals surface area (Å²) in [7, 11) is 0. The van der Waals surface area contributed by atoms with Crippen molar-refractivity contribution in [2.24, 2.45) is 5.92 Å². The zero-order valence-electron chi connectivity index (χ0n) is 9.90. The summed E-state index contributed by atoms with van der Waals surface area (Å²) in [5.74, 6) is 2.00. The van der Waals surface area contributed by atoms with E-state index in [1.807, 2.05) is 31.2 Å². The average molecular weight is 232 g/mol. The molecule has 0 saturated heterocycles. The molecule has 0 bridgehead atoms. The summed E-state index contributed by atoms with van der Waals surface area (Å²) >= 11 is 2.23. The summed E-state index contributed by atoms with van der Waals surface area (Å²) < 4.78 is 10.8. The van der Waals surface area contributed by atoms with Crippen LogP contribution in [0.5, 0.6) is 11.5 Å². The Hall–Kier alpha value is -0.908. The normalized spacial score (nSPS) is 12.0. The standard InChI is InChI=1S/C13H18O2.Al/c1-10(2)8-11(3)9-15-13-7-5-4-6-12(13)14;/h4-7,11,14H,1,8-9H2,2-3H3;/q;+3/p-1. The molecule has 0 heterocycles. The Balaban J connectivity index is 2.50. The van der Waals surface area contributed by atoms with E-state index in [4.69, 9.17) is 8.53 Å². The molecule has 0 aliphatic rings. The molecular weight excluding hydrogens is 215 g/mol. The van der Waals surface area contributed by atoms with Crippen molar-refractivity contribution in [3.05, 3.63) is 36.4 Å². The zero-order valence-corrected chi connectivity index (χ0v) is 11.1. The van der Waals surface area contributed by atoms with Crippen LogP contribution >= 0.6 is 0 Å². The van der Waals surface area contributed by atoms with Crippen LogP contribution in [0.2, 0.25) is 0 Å². The van der Waals surface area contributed by atoms with E-state index in [0.717, 1.165) is 17.9 Å². The summed E-state index contributed by atoms with van der Waals surface area (Å²) in [5, 5.41) is 0. The minimum atomic E-state index is 0.468. The summed E-state index contributed by atoms with van der Waals surface area (Å²) in [4.78, 5) is 0. The molecule has 0 spiro atoms. The van der Waals surface area contributed by atoms with Gasteiger partial charge in [-0.3, -0.25) is 0 Å². The molecule has 2 nitrogen and oxygen atoms in total. The molecule has 0 N–H and O–H groups in total. The van der Waals surface area contributed by atoms with Crippen molar-refractivity contribution in [1.82, 2.24) is 0 Å². The summed E-state index contributed by atoms with van der Waals surface area (Å²) in [5.41, 5.74) is 1.19. The Morgan fingerprint density at radius 3 is 2.56 bits per heavy atom. The molecule has 0 aromatic heterocycles. The van der Waals surface area contributed by atoms with E-state index in [2.05, 4.69) is 30.1 Å². The van der Waals surface area contributed by atoms with Gasteiger partial charge in [-0.1, -0.05) is 0 Å². The molecule has 0 saturated carbocycles. The van der Waals surface area contributed by atoms with E-state index in [1.165, 1.54) is 5.57 Å². The SMILES string of the molecule is C=C(C)CC(C)COc1ccccc1[O][Al+2]. The first kappa shape index (κ1) is 13.2. The third-order valence-corrected chi connectivity index (χ3v) is 2.45. The second-order valence-corrected chi connectivity index (χ2v) is 4.38. The van der Waals surface area contributed by atoms with Gasteiger partial charge in [-0.15, -0.1) is 0 Å². The monoisotopic (exact) mass is 232 g/mol. The molecule has 0 aliphatic carbocycles. The minimum absolute atomic E-state index is 0.468. The predicted octanol–water partition coefficient (Wildman–Crippen LogP) is 3.13. The Morgan fingerprint density at radius 1 is 1.38 bits per heavy atom. The van der Waals surface area contributed by atoms with Crippen LogP contribution in [0.25, 0.3) is 0 Å². The third-order valence-electron chi connectivity index (χ3n) is 2.20. The Bertz CT molecular complexity index is 350. The van der Waals surface area contributed by atoms with Crippen LogP contribution in [0, 0.1) is 5.92 Å². The number of rotatable bonds is 6. The van der Waals surface area contributed by atoms with Crippen LogP contribution in [0.4, 0.5) is 0 Å². The van der Waals surface area contributed by atoms with E-state index < -0.39 is 0 Å². The van der Waals surface area contributed by atoms with Crippen molar-refractivity contribution in [2.45, 2.75) is 20.3 Å². The summed E-state index contributed by atoms with van der Waals surface area (Å²) in [6, 6.07) is 7.65. The molecule has 0 radical (unpaired) electrons. The second kappa shape index (κ2) is 6.63. The van der Waals surface area contributed by atoms with Crippen LogP contribution in [-0.4, -0.2) is 23.2 Å². The average Bonchev–Trinajstić information content (AvgIpc) is 2.26. The first-order valence-corrected chi connectivity index (χ1v) is 5.83. The van der Waals surface area contributed by atoms with Crippen molar-refractivity contribution in [3.8, 4) is 11.5 Å². The second-order valence-electron chi connectivity index (χ2n) is 4.14. The van der Waals surface area contributed by atoms with Crippen molar-refractivity contribution in [3.63, 3.8) is 0 Å². The number of hydrogen-bond donors (Lipinski definition) is 0. The summed E-state index contributed by atoms with van der Waals surface area (Å²) in [6.45, 7) is 8.77. The van der Waals surface area contributed by atoms with Crippen molar-refractivity contribution in [1.29, 1.82) is 0 Å². The van der Waals surface area contributed by atoms with Gasteiger partial charge in [0.25, 0.3) is 0 Å². The van der Waals surface area contributed by atoms with E-state index in [1.54, 1.807) is 0 Å². The van der Waals surface area contributed by atoms with Gasteiger partial charge in [0, 0.05) is 0 Å². The molecule has 16 heavy (non-hydrogen) atoms. The van der Waals surface area contributed by atoms with Gasteiger partial charge < -0.3 is 0 Å². The van der Waals surface area contributed by atoms with Crippen LogP contribution in [0.1, 0.15) is 20.3 Å². The molecule has 1 unspecified atom stereocenters. The van der Waals surface area contributed by atoms with Gasteiger partial charge in [0.05, 0.1) is 0 Å². The summed E-state index contributed by atoms with van der Waals surface area (Å²) in [6.07, 6.45) is 0.990. The Labute approximate surface area is 106 Å². The number of allylic oxidation sites excluding steroid dienone is 1. The van der Waals surface area contributed by atoms with Crippen LogP contribution in [0.3, 0.4) is 0 Å². The molecule has 1 rings (SSSR count). The van der Waals surface area contributed by atoms with E-state index in [0.29, 0.717) is 12.5 Å². The van der Waals surface area contributed by atoms with Gasteiger partial charge in [-0.25, -0.2) is 0 Å². The van der Waals surface area contributed by atoms with Gasteiger partial charge in [-0.2, -0.15) is 0 Å². The third kappa shape index (κ3) is 4.30. The fraction of sp³-hybridized carbons (Fsp3) is 0.385. The molecular formula is C13H17AlO2+2. The van der Waals surface area contributed by atoms with Gasteiger partial charge in [0.1, 0.15) is 0 Å². The van der Waals surface area contributed by atoms with Crippen molar-refractivity contribution < 1.29 is 8.53 Å². The fourth-order valence-electron chi connectivity index (χ4n) is 1.55. The number of ether oxygens (including phenoxy) is 1. The first-order valence-electron chi connectivity index (χ1n) is 5.36. The number of para-hydroxylation sites is 2. The van der Waals surface area contributed by atoms with Crippen LogP contribution in [0.15, 0.2) is 36.4 Å². The number of hydrogen-bond acceptors (Lipinski definition) is 2. The van der Waals surface area contributed by atoms with Crippen LogP contribution < -0.4 is 8.53 Å². The molecule has 3 heteroatoms. The first-order chi connectivity index (χ1) is 7.63. The maximum absolute atomic E-state index is 5.71. The van der Waals surface area contributed by atoms with Crippen molar-refractivity contribution >= 4 is 16.6 Å². The topological polar surface area (TPSA) is 18.5 Å².